The van der Waals surface area contributed by atoms with Crippen LogP contribution in [0.25, 0.3) is 16.9 Å². The zero-order chi connectivity index (χ0) is 22.9. The van der Waals surface area contributed by atoms with Gasteiger partial charge in [-0.3, -0.25) is 4.79 Å². The quantitative estimate of drug-likeness (QED) is 0.474. The molecule has 168 valence electrons. The number of ether oxygens (including phenoxy) is 2. The highest BCUT2D eigenvalue weighted by Gasteiger charge is 2.26. The van der Waals surface area contributed by atoms with Gasteiger partial charge in [0, 0.05) is 19.7 Å². The van der Waals surface area contributed by atoms with Crippen molar-refractivity contribution in [2.24, 2.45) is 0 Å². The summed E-state index contributed by atoms with van der Waals surface area (Å²) in [5, 5.41) is 4.88. The Morgan fingerprint density at radius 3 is 2.56 bits per heavy atom. The molecule has 0 atom stereocenters. The van der Waals surface area contributed by atoms with Crippen LogP contribution in [-0.2, 0) is 16.1 Å². The molecule has 2 aromatic carbocycles. The van der Waals surface area contributed by atoms with Crippen LogP contribution in [0.3, 0.4) is 0 Å². The Kier molecular flexibility index (Phi) is 6.07. The second-order valence-corrected chi connectivity index (χ2v) is 9.02. The Labute approximate surface area is 189 Å². The van der Waals surface area contributed by atoms with E-state index in [-0.39, 0.29) is 12.4 Å². The van der Waals surface area contributed by atoms with Gasteiger partial charge in [-0.15, -0.1) is 0 Å². The molecule has 1 saturated carbocycles. The number of carbonyl (C=O) groups is 1. The fourth-order valence-corrected chi connectivity index (χ4v) is 3.37. The molecule has 0 radical (unpaired) electrons. The SMILES string of the molecule is CC(=O)C(C)(C)OCc1cc(-c2cccc(OC3CC3)c2)n(-c2ccccc2N(C)C)n1. The van der Waals surface area contributed by atoms with E-state index in [1.165, 1.54) is 0 Å². The van der Waals surface area contributed by atoms with Crippen LogP contribution in [0.1, 0.15) is 39.3 Å². The predicted molar refractivity (Wildman–Crippen MR) is 127 cm³/mol. The number of anilines is 1. The van der Waals surface area contributed by atoms with Crippen molar-refractivity contribution in [1.82, 2.24) is 9.78 Å². The molecule has 1 aliphatic carbocycles. The van der Waals surface area contributed by atoms with E-state index in [0.29, 0.717) is 6.10 Å². The fraction of sp³-hybridized carbons (Fsp3) is 0.385. The van der Waals surface area contributed by atoms with E-state index in [0.717, 1.165) is 46.9 Å². The van der Waals surface area contributed by atoms with Gasteiger partial charge in [0.2, 0.25) is 0 Å². The van der Waals surface area contributed by atoms with Crippen LogP contribution < -0.4 is 9.64 Å². The number of ketones is 1. The molecule has 4 rings (SSSR count). The molecule has 0 amide bonds. The molecule has 1 fully saturated rings. The molecule has 0 bridgehead atoms. The molecule has 6 nitrogen and oxygen atoms in total. The molecule has 0 aliphatic heterocycles. The first-order chi connectivity index (χ1) is 15.2. The number of hydrogen-bond acceptors (Lipinski definition) is 5. The van der Waals surface area contributed by atoms with Crippen LogP contribution >= 0.6 is 0 Å². The Bertz CT molecular complexity index is 1110. The Morgan fingerprint density at radius 1 is 1.12 bits per heavy atom. The lowest BCUT2D eigenvalue weighted by atomic mass is 10.1. The van der Waals surface area contributed by atoms with Crippen LogP contribution in [0, 0.1) is 0 Å². The number of para-hydroxylation sites is 2. The monoisotopic (exact) mass is 433 g/mol. The van der Waals surface area contributed by atoms with Crippen LogP contribution in [0.5, 0.6) is 5.75 Å². The van der Waals surface area contributed by atoms with E-state index < -0.39 is 5.60 Å². The molecular weight excluding hydrogens is 402 g/mol. The third-order valence-electron chi connectivity index (χ3n) is 5.74. The third kappa shape index (κ3) is 4.86. The first-order valence-corrected chi connectivity index (χ1v) is 11.0. The molecule has 32 heavy (non-hydrogen) atoms. The highest BCUT2D eigenvalue weighted by molar-refractivity contribution is 5.84. The number of hydrogen-bond donors (Lipinski definition) is 0. The third-order valence-corrected chi connectivity index (χ3v) is 5.74. The van der Waals surface area contributed by atoms with E-state index in [9.17, 15) is 4.79 Å². The van der Waals surface area contributed by atoms with E-state index in [2.05, 4.69) is 29.2 Å². The van der Waals surface area contributed by atoms with Crippen molar-refractivity contribution in [1.29, 1.82) is 0 Å². The van der Waals surface area contributed by atoms with Crippen LogP contribution in [0.15, 0.2) is 54.6 Å². The second kappa shape index (κ2) is 8.79. The van der Waals surface area contributed by atoms with Crippen LogP contribution in [0.4, 0.5) is 5.69 Å². The number of nitrogens with zero attached hydrogens (tertiary/aromatic N) is 3. The smallest absolute Gasteiger partial charge is 0.161 e. The van der Waals surface area contributed by atoms with E-state index in [4.69, 9.17) is 14.6 Å². The van der Waals surface area contributed by atoms with E-state index in [1.807, 2.05) is 49.1 Å². The highest BCUT2D eigenvalue weighted by atomic mass is 16.5. The lowest BCUT2D eigenvalue weighted by Crippen LogP contribution is -2.32. The zero-order valence-corrected chi connectivity index (χ0v) is 19.5. The summed E-state index contributed by atoms with van der Waals surface area (Å²) >= 11 is 0. The first-order valence-electron chi connectivity index (χ1n) is 11.0. The van der Waals surface area contributed by atoms with Crippen molar-refractivity contribution in [2.75, 3.05) is 19.0 Å². The maximum Gasteiger partial charge on any atom is 0.161 e. The summed E-state index contributed by atoms with van der Waals surface area (Å²) in [6, 6.07) is 18.3. The summed E-state index contributed by atoms with van der Waals surface area (Å²) in [5.41, 5.74) is 3.89. The summed E-state index contributed by atoms with van der Waals surface area (Å²) in [4.78, 5) is 14.0. The number of benzene rings is 2. The zero-order valence-electron chi connectivity index (χ0n) is 19.5. The molecule has 0 saturated heterocycles. The maximum absolute atomic E-state index is 11.9. The van der Waals surface area contributed by atoms with Gasteiger partial charge in [-0.1, -0.05) is 24.3 Å². The minimum absolute atomic E-state index is 0.0139. The average molecular weight is 434 g/mol. The molecule has 0 N–H and O–H groups in total. The van der Waals surface area contributed by atoms with Gasteiger partial charge in [-0.05, 0) is 63.9 Å². The van der Waals surface area contributed by atoms with Crippen molar-refractivity contribution in [2.45, 2.75) is 51.9 Å². The number of rotatable bonds is 9. The van der Waals surface area contributed by atoms with Crippen molar-refractivity contribution >= 4 is 11.5 Å². The van der Waals surface area contributed by atoms with Gasteiger partial charge in [0.15, 0.2) is 5.78 Å². The van der Waals surface area contributed by atoms with Gasteiger partial charge in [0.25, 0.3) is 0 Å². The first kappa shape index (κ1) is 22.1. The highest BCUT2D eigenvalue weighted by Crippen LogP contribution is 2.33. The van der Waals surface area contributed by atoms with Crippen molar-refractivity contribution in [3.8, 4) is 22.7 Å². The standard InChI is InChI=1S/C26H31N3O3/c1-18(30)26(2,3)31-17-20-16-25(19-9-8-10-22(15-19)32-21-13-14-21)29(27-20)24-12-7-6-11-23(24)28(4)5/h6-12,15-16,21H,13-14,17H2,1-5H3. The van der Waals surface area contributed by atoms with Crippen LogP contribution in [0.2, 0.25) is 0 Å². The summed E-state index contributed by atoms with van der Waals surface area (Å²) in [5.74, 6) is 0.856. The van der Waals surface area contributed by atoms with Crippen LogP contribution in [-0.4, -0.2) is 41.4 Å². The summed E-state index contributed by atoms with van der Waals surface area (Å²) < 4.78 is 13.9. The van der Waals surface area contributed by atoms with Gasteiger partial charge in [0.05, 0.1) is 35.5 Å². The summed E-state index contributed by atoms with van der Waals surface area (Å²) in [7, 11) is 4.04. The number of carbonyl (C=O) groups excluding carboxylic acids is 1. The maximum atomic E-state index is 11.9. The molecule has 1 aromatic heterocycles. The second-order valence-electron chi connectivity index (χ2n) is 9.02. The lowest BCUT2D eigenvalue weighted by Gasteiger charge is -2.21. The molecule has 1 aliphatic rings. The molecule has 6 heteroatoms. The topological polar surface area (TPSA) is 56.6 Å². The van der Waals surface area contributed by atoms with E-state index in [1.54, 1.807) is 20.8 Å². The van der Waals surface area contributed by atoms with Gasteiger partial charge in [-0.2, -0.15) is 5.10 Å². The normalized spacial score (nSPS) is 13.8. The van der Waals surface area contributed by atoms with Gasteiger partial charge < -0.3 is 14.4 Å². The average Bonchev–Trinajstić information content (AvgIpc) is 3.47. The Morgan fingerprint density at radius 2 is 1.88 bits per heavy atom. The van der Waals surface area contributed by atoms with Gasteiger partial charge in [0.1, 0.15) is 11.4 Å². The molecular formula is C26H31N3O3. The Hall–Kier alpha value is -3.12. The molecule has 0 spiro atoms. The summed E-state index contributed by atoms with van der Waals surface area (Å²) in [6.45, 7) is 5.36. The van der Waals surface area contributed by atoms with E-state index >= 15 is 0 Å². The fourth-order valence-electron chi connectivity index (χ4n) is 3.37. The molecule has 0 unspecified atom stereocenters. The number of Topliss-reactive ketones (excluding diaryl/α,β-unsaturated/α-hetero) is 1. The minimum Gasteiger partial charge on any atom is -0.490 e. The van der Waals surface area contributed by atoms with Crippen molar-refractivity contribution in [3.05, 3.63) is 60.3 Å². The van der Waals surface area contributed by atoms with Gasteiger partial charge >= 0.3 is 0 Å². The summed E-state index contributed by atoms with van der Waals surface area (Å²) in [6.07, 6.45) is 2.57. The Balaban J connectivity index is 1.76. The lowest BCUT2D eigenvalue weighted by molar-refractivity contribution is -0.139. The van der Waals surface area contributed by atoms with Crippen molar-refractivity contribution < 1.29 is 14.3 Å². The van der Waals surface area contributed by atoms with Gasteiger partial charge in [-0.25, -0.2) is 4.68 Å². The largest absolute Gasteiger partial charge is 0.490 e. The predicted octanol–water partition coefficient (Wildman–Crippen LogP) is 5.03. The molecule has 3 aromatic rings. The van der Waals surface area contributed by atoms with Crippen molar-refractivity contribution in [3.63, 3.8) is 0 Å². The molecule has 1 heterocycles. The number of aromatic nitrogens is 2. The minimum atomic E-state index is -0.858.